The summed E-state index contributed by atoms with van der Waals surface area (Å²) in [6.45, 7) is 1.93. The van der Waals surface area contributed by atoms with Crippen LogP contribution in [0, 0.1) is 11.8 Å². The smallest absolute Gasteiger partial charge is 0.135 e. The lowest BCUT2D eigenvalue weighted by molar-refractivity contribution is -0.123. The minimum absolute atomic E-state index is 0.0298. The Hall–Kier alpha value is -0.410. The van der Waals surface area contributed by atoms with E-state index >= 15 is 0 Å². The van der Waals surface area contributed by atoms with Crippen molar-refractivity contribution < 1.29 is 15.0 Å². The normalized spacial score (nSPS) is 33.3. The first kappa shape index (κ1) is 15.6. The lowest BCUT2D eigenvalue weighted by Gasteiger charge is -2.23. The molecule has 0 amide bonds. The van der Waals surface area contributed by atoms with Crippen molar-refractivity contribution in [3.8, 4) is 0 Å². The zero-order valence-electron chi connectivity index (χ0n) is 11.6. The third kappa shape index (κ3) is 5.49. The Bertz CT molecular complexity index is 240. The van der Waals surface area contributed by atoms with Gasteiger partial charge < -0.3 is 10.2 Å². The Morgan fingerprint density at radius 2 is 1.72 bits per heavy atom. The van der Waals surface area contributed by atoms with Gasteiger partial charge in [-0.25, -0.2) is 0 Å². The first-order valence-electron chi connectivity index (χ1n) is 7.46. The number of hydrogen-bond acceptors (Lipinski definition) is 3. The van der Waals surface area contributed by atoms with Gasteiger partial charge >= 0.3 is 0 Å². The molecular formula is C15H28O3. The second-order valence-corrected chi connectivity index (χ2v) is 5.77. The fourth-order valence-corrected chi connectivity index (χ4v) is 2.75. The summed E-state index contributed by atoms with van der Waals surface area (Å²) >= 11 is 0. The standard InChI is InChI=1S/C15H28O3/c1-12-10-15(18)13(11-16)8-6-4-2-3-5-7-9-14(12)17/h12-13,15-16,18H,2-11H2,1H3/t12?,13-,15+/m1/s1. The van der Waals surface area contributed by atoms with Crippen LogP contribution in [0.15, 0.2) is 0 Å². The summed E-state index contributed by atoms with van der Waals surface area (Å²) in [5.41, 5.74) is 0. The molecule has 18 heavy (non-hydrogen) atoms. The molecule has 1 saturated carbocycles. The van der Waals surface area contributed by atoms with Gasteiger partial charge in [-0.15, -0.1) is 0 Å². The van der Waals surface area contributed by atoms with Crippen LogP contribution in [0.5, 0.6) is 0 Å². The van der Waals surface area contributed by atoms with Gasteiger partial charge in [-0.3, -0.25) is 4.79 Å². The fourth-order valence-electron chi connectivity index (χ4n) is 2.75. The van der Waals surface area contributed by atoms with E-state index < -0.39 is 6.10 Å². The second kappa shape index (κ2) is 8.65. The van der Waals surface area contributed by atoms with Crippen LogP contribution in [0.4, 0.5) is 0 Å². The van der Waals surface area contributed by atoms with E-state index in [2.05, 4.69) is 0 Å². The van der Waals surface area contributed by atoms with Gasteiger partial charge in [-0.1, -0.05) is 39.0 Å². The first-order valence-corrected chi connectivity index (χ1v) is 7.46. The van der Waals surface area contributed by atoms with Gasteiger partial charge in [0.25, 0.3) is 0 Å². The molecule has 3 heteroatoms. The highest BCUT2D eigenvalue weighted by Gasteiger charge is 2.23. The van der Waals surface area contributed by atoms with Gasteiger partial charge in [-0.2, -0.15) is 0 Å². The average molecular weight is 256 g/mol. The summed E-state index contributed by atoms with van der Waals surface area (Å²) in [5, 5.41) is 19.4. The van der Waals surface area contributed by atoms with Crippen molar-refractivity contribution >= 4 is 5.78 Å². The highest BCUT2D eigenvalue weighted by atomic mass is 16.3. The van der Waals surface area contributed by atoms with Crippen molar-refractivity contribution in [1.82, 2.24) is 0 Å². The molecule has 1 aliphatic rings. The third-order valence-corrected chi connectivity index (χ3v) is 4.17. The minimum Gasteiger partial charge on any atom is -0.396 e. The Labute approximate surface area is 111 Å². The van der Waals surface area contributed by atoms with Crippen LogP contribution < -0.4 is 0 Å². The third-order valence-electron chi connectivity index (χ3n) is 4.17. The number of ketones is 1. The number of carbonyl (C=O) groups excluding carboxylic acids is 1. The van der Waals surface area contributed by atoms with E-state index in [1.165, 1.54) is 19.3 Å². The van der Waals surface area contributed by atoms with Crippen LogP contribution in [0.1, 0.15) is 64.7 Å². The molecule has 0 heterocycles. The maximum Gasteiger partial charge on any atom is 0.135 e. The number of carbonyl (C=O) groups is 1. The van der Waals surface area contributed by atoms with E-state index in [1.54, 1.807) is 0 Å². The van der Waals surface area contributed by atoms with Crippen molar-refractivity contribution in [2.75, 3.05) is 6.61 Å². The van der Waals surface area contributed by atoms with E-state index in [1.807, 2.05) is 6.92 Å². The fraction of sp³-hybridized carbons (Fsp3) is 0.933. The molecule has 2 N–H and O–H groups in total. The number of rotatable bonds is 1. The number of aliphatic hydroxyl groups excluding tert-OH is 2. The molecule has 1 rings (SSSR count). The number of Topliss-reactive ketones (excluding diaryl/α,β-unsaturated/α-hetero) is 1. The van der Waals surface area contributed by atoms with Crippen LogP contribution in [0.25, 0.3) is 0 Å². The molecule has 0 aliphatic heterocycles. The van der Waals surface area contributed by atoms with Crippen molar-refractivity contribution in [2.45, 2.75) is 70.8 Å². The molecule has 3 atom stereocenters. The summed E-state index contributed by atoms with van der Waals surface area (Å²) in [6.07, 6.45) is 8.28. The van der Waals surface area contributed by atoms with Crippen LogP contribution in [-0.2, 0) is 4.79 Å². The summed E-state index contributed by atoms with van der Waals surface area (Å²) < 4.78 is 0. The van der Waals surface area contributed by atoms with Crippen molar-refractivity contribution in [2.24, 2.45) is 11.8 Å². The quantitative estimate of drug-likeness (QED) is 0.758. The summed E-state index contributed by atoms with van der Waals surface area (Å²) in [6, 6.07) is 0. The van der Waals surface area contributed by atoms with E-state index in [-0.39, 0.29) is 24.2 Å². The zero-order chi connectivity index (χ0) is 13.4. The topological polar surface area (TPSA) is 57.5 Å². The maximum absolute atomic E-state index is 11.9. The Balaban J connectivity index is 2.55. The van der Waals surface area contributed by atoms with Crippen molar-refractivity contribution in [3.63, 3.8) is 0 Å². The Morgan fingerprint density at radius 3 is 2.39 bits per heavy atom. The molecule has 1 unspecified atom stereocenters. The maximum atomic E-state index is 11.9. The van der Waals surface area contributed by atoms with Crippen molar-refractivity contribution in [3.05, 3.63) is 0 Å². The van der Waals surface area contributed by atoms with Crippen LogP contribution in [0.3, 0.4) is 0 Å². The molecule has 0 bridgehead atoms. The molecular weight excluding hydrogens is 228 g/mol. The van der Waals surface area contributed by atoms with Gasteiger partial charge in [0.05, 0.1) is 6.10 Å². The van der Waals surface area contributed by atoms with Crippen molar-refractivity contribution in [1.29, 1.82) is 0 Å². The van der Waals surface area contributed by atoms with E-state index in [0.717, 1.165) is 25.7 Å². The average Bonchev–Trinajstić information content (AvgIpc) is 2.36. The predicted octanol–water partition coefficient (Wildman–Crippen LogP) is 2.69. The van der Waals surface area contributed by atoms with E-state index in [4.69, 9.17) is 0 Å². The SMILES string of the molecule is CC1C[C@H](O)[C@@H](CO)CCCCCCCCC1=O. The van der Waals surface area contributed by atoms with Crippen LogP contribution >= 0.6 is 0 Å². The van der Waals surface area contributed by atoms with Gasteiger partial charge in [0.1, 0.15) is 5.78 Å². The lowest BCUT2D eigenvalue weighted by Crippen LogP contribution is -2.28. The summed E-state index contributed by atoms with van der Waals surface area (Å²) in [7, 11) is 0. The zero-order valence-corrected chi connectivity index (χ0v) is 11.6. The number of hydrogen-bond donors (Lipinski definition) is 2. The number of aliphatic hydroxyl groups is 2. The van der Waals surface area contributed by atoms with Gasteiger partial charge in [0, 0.05) is 24.9 Å². The van der Waals surface area contributed by atoms with Gasteiger partial charge in [0.15, 0.2) is 0 Å². The highest BCUT2D eigenvalue weighted by Crippen LogP contribution is 2.22. The van der Waals surface area contributed by atoms with Gasteiger partial charge in [0.2, 0.25) is 0 Å². The predicted molar refractivity (Wildman–Crippen MR) is 72.3 cm³/mol. The lowest BCUT2D eigenvalue weighted by atomic mass is 9.88. The molecule has 0 aromatic carbocycles. The summed E-state index contributed by atoms with van der Waals surface area (Å²) in [5.74, 6) is 0.140. The molecule has 0 aromatic rings. The molecule has 1 aliphatic carbocycles. The van der Waals surface area contributed by atoms with Gasteiger partial charge in [-0.05, 0) is 19.3 Å². The largest absolute Gasteiger partial charge is 0.396 e. The molecule has 0 saturated heterocycles. The molecule has 106 valence electrons. The molecule has 0 spiro atoms. The molecule has 0 aromatic heterocycles. The summed E-state index contributed by atoms with van der Waals surface area (Å²) in [4.78, 5) is 11.9. The highest BCUT2D eigenvalue weighted by molar-refractivity contribution is 5.80. The minimum atomic E-state index is -0.533. The molecule has 3 nitrogen and oxygen atoms in total. The van der Waals surface area contributed by atoms with Crippen LogP contribution in [0.2, 0.25) is 0 Å². The van der Waals surface area contributed by atoms with Crippen LogP contribution in [-0.4, -0.2) is 28.7 Å². The Kier molecular flexibility index (Phi) is 7.52. The molecule has 0 radical (unpaired) electrons. The second-order valence-electron chi connectivity index (χ2n) is 5.77. The monoisotopic (exact) mass is 256 g/mol. The van der Waals surface area contributed by atoms with E-state index in [9.17, 15) is 15.0 Å². The first-order chi connectivity index (χ1) is 8.65. The Morgan fingerprint density at radius 1 is 1.11 bits per heavy atom. The molecule has 1 fully saturated rings. The van der Waals surface area contributed by atoms with E-state index in [0.29, 0.717) is 12.8 Å².